The summed E-state index contributed by atoms with van der Waals surface area (Å²) in [5.74, 6) is -6.03. The van der Waals surface area contributed by atoms with E-state index in [1.165, 1.54) is 0 Å². The molecule has 0 aliphatic carbocycles. The summed E-state index contributed by atoms with van der Waals surface area (Å²) in [5.41, 5.74) is 0. The van der Waals surface area contributed by atoms with E-state index in [0.717, 1.165) is 0 Å². The van der Waals surface area contributed by atoms with E-state index in [-0.39, 0.29) is 38.8 Å². The van der Waals surface area contributed by atoms with Crippen LogP contribution in [0.25, 0.3) is 0 Å². The molecule has 1 radical (unpaired) electrons. The van der Waals surface area contributed by atoms with Crippen LogP contribution in [-0.4, -0.2) is 56.7 Å². The van der Waals surface area contributed by atoms with Crippen LogP contribution in [0.1, 0.15) is 12.8 Å². The van der Waals surface area contributed by atoms with Crippen molar-refractivity contribution in [2.45, 2.75) is 12.8 Å². The van der Waals surface area contributed by atoms with Gasteiger partial charge in [-0.05, 0) is 25.0 Å². The van der Waals surface area contributed by atoms with Gasteiger partial charge in [0.25, 0.3) is 32.6 Å². The molecule has 0 rings (SSSR count). The molecule has 0 saturated carbocycles. The number of hydrogen-bond donors (Lipinski definition) is 0. The Bertz CT molecular complexity index is 1070. The third kappa shape index (κ3) is 46.6. The van der Waals surface area contributed by atoms with Gasteiger partial charge in [0.1, 0.15) is 6.08 Å². The van der Waals surface area contributed by atoms with E-state index in [2.05, 4.69) is 0 Å². The fourth-order valence-electron chi connectivity index (χ4n) is 1.34. The molecule has 0 unspecified atom stereocenters. The van der Waals surface area contributed by atoms with E-state index in [9.17, 15) is 75.6 Å². The molecule has 0 heterocycles. The Hall–Kier alpha value is -0.706. The van der Waals surface area contributed by atoms with Crippen LogP contribution in [0.5, 0.6) is 0 Å². The molecule has 0 aliphatic rings. The molecular formula is C13H15F10O8S4Y-. The zero-order valence-electron chi connectivity index (χ0n) is 17.2. The molecule has 213 valence electrons. The van der Waals surface area contributed by atoms with Crippen LogP contribution in [0.15, 0.2) is 36.5 Å². The Morgan fingerprint density at radius 2 is 0.806 bits per heavy atom. The quantitative estimate of drug-likeness (QED) is 0.180. The molecule has 0 saturated heterocycles. The van der Waals surface area contributed by atoms with E-state index in [1.807, 2.05) is 0 Å². The van der Waals surface area contributed by atoms with Crippen molar-refractivity contribution in [1.82, 2.24) is 0 Å². The van der Waals surface area contributed by atoms with Gasteiger partial charge in [0.15, 0.2) is 0 Å². The SMILES string of the molecule is O=S(=O)(F)CCC=C(F)F.O=S(=O)(F)CCC=C(F)F.O=S(=O)(F)C[C-](C=C(F)F)CS(=O)(=O)F.[Y]. The van der Waals surface area contributed by atoms with Gasteiger partial charge in [-0.1, -0.05) is 0 Å². The van der Waals surface area contributed by atoms with E-state index in [4.69, 9.17) is 0 Å². The van der Waals surface area contributed by atoms with Crippen molar-refractivity contribution < 1.29 is 108 Å². The second-order valence-corrected chi connectivity index (χ2v) is 11.2. The first-order valence-corrected chi connectivity index (χ1v) is 14.1. The fraction of sp³-hybridized carbons (Fsp3) is 0.462. The second kappa shape index (κ2) is 19.4. The molecule has 23 heteroatoms. The fourth-order valence-corrected chi connectivity index (χ4v) is 3.52. The van der Waals surface area contributed by atoms with Gasteiger partial charge in [-0.15, -0.1) is 15.5 Å². The van der Waals surface area contributed by atoms with Gasteiger partial charge in [-0.25, -0.2) is 0 Å². The van der Waals surface area contributed by atoms with E-state index in [1.54, 1.807) is 0 Å². The van der Waals surface area contributed by atoms with E-state index >= 15 is 0 Å². The average molecular weight is 706 g/mol. The summed E-state index contributed by atoms with van der Waals surface area (Å²) >= 11 is 0. The average Bonchev–Trinajstić information content (AvgIpc) is 2.48. The smallest absolute Gasteiger partial charge is 0.289 e. The number of halogens is 10. The molecule has 0 aromatic heterocycles. The molecule has 0 aromatic carbocycles. The molecule has 0 atom stereocenters. The third-order valence-corrected chi connectivity index (χ3v) is 5.23. The van der Waals surface area contributed by atoms with Gasteiger partial charge in [-0.2, -0.15) is 63.2 Å². The molecule has 0 fully saturated rings. The summed E-state index contributed by atoms with van der Waals surface area (Å²) in [6.07, 6.45) is -6.89. The number of hydrogen-bond acceptors (Lipinski definition) is 8. The van der Waals surface area contributed by atoms with Crippen LogP contribution in [0.2, 0.25) is 0 Å². The first-order valence-electron chi connectivity index (χ1n) is 7.92. The largest absolute Gasteiger partial charge is 0.302 e. The van der Waals surface area contributed by atoms with Gasteiger partial charge in [-0.3, -0.25) is 8.78 Å². The molecular weight excluding hydrogens is 691 g/mol. The Labute approximate surface area is 226 Å². The van der Waals surface area contributed by atoms with Crippen molar-refractivity contribution in [1.29, 1.82) is 0 Å². The predicted octanol–water partition coefficient (Wildman–Crippen LogP) is 3.85. The zero-order chi connectivity index (χ0) is 28.7. The topological polar surface area (TPSA) is 137 Å². The minimum Gasteiger partial charge on any atom is -0.289 e. The molecule has 0 bridgehead atoms. The van der Waals surface area contributed by atoms with Gasteiger partial charge in [0.05, 0.1) is 11.5 Å². The molecule has 0 spiro atoms. The normalized spacial score (nSPS) is 11.3. The van der Waals surface area contributed by atoms with E-state index < -0.39 is 101 Å². The first-order chi connectivity index (χ1) is 15.3. The summed E-state index contributed by atoms with van der Waals surface area (Å²) in [4.78, 5) is 0. The second-order valence-electron chi connectivity index (χ2n) is 5.51. The van der Waals surface area contributed by atoms with Crippen molar-refractivity contribution in [3.05, 3.63) is 42.4 Å². The Morgan fingerprint density at radius 1 is 0.528 bits per heavy atom. The monoisotopic (exact) mass is 706 g/mol. The molecule has 0 aromatic rings. The summed E-state index contributed by atoms with van der Waals surface area (Å²) in [6.45, 7) is 0. The minimum atomic E-state index is -5.19. The van der Waals surface area contributed by atoms with Crippen LogP contribution in [0.4, 0.5) is 41.9 Å². The van der Waals surface area contributed by atoms with Crippen LogP contribution in [0.3, 0.4) is 0 Å². The standard InChI is InChI=1S/C5H5F4O4S2.2C4H5F3O2S.Y/c6-5(7)1-4(2-14(8,10)11)3-15(9,12)13;2*5-4(6)2-1-3-10(7,8)9;/h1H,2-3H2;2*2H,1,3H2;/q-1;;;. The van der Waals surface area contributed by atoms with Crippen molar-refractivity contribution in [3.63, 3.8) is 0 Å². The maximum absolute atomic E-state index is 12.0. The van der Waals surface area contributed by atoms with E-state index in [0.29, 0.717) is 12.2 Å². The Kier molecular flexibility index (Phi) is 22.8. The summed E-state index contributed by atoms with van der Waals surface area (Å²) < 4.78 is 194. The van der Waals surface area contributed by atoms with Crippen LogP contribution in [0, 0.1) is 5.92 Å². The van der Waals surface area contributed by atoms with Gasteiger partial charge in [0, 0.05) is 44.2 Å². The minimum absolute atomic E-state index is 0. The predicted molar refractivity (Wildman–Crippen MR) is 103 cm³/mol. The van der Waals surface area contributed by atoms with Crippen molar-refractivity contribution in [2.75, 3.05) is 23.0 Å². The third-order valence-electron chi connectivity index (χ3n) is 2.35. The molecule has 8 nitrogen and oxygen atoms in total. The van der Waals surface area contributed by atoms with Gasteiger partial charge >= 0.3 is 20.4 Å². The molecule has 0 aliphatic heterocycles. The molecule has 0 amide bonds. The van der Waals surface area contributed by atoms with Crippen LogP contribution < -0.4 is 0 Å². The molecule has 0 N–H and O–H groups in total. The maximum Gasteiger partial charge on any atom is 0.302 e. The zero-order valence-corrected chi connectivity index (χ0v) is 23.3. The van der Waals surface area contributed by atoms with Crippen LogP contribution in [-0.2, 0) is 73.6 Å². The Morgan fingerprint density at radius 3 is 0.972 bits per heavy atom. The summed E-state index contributed by atoms with van der Waals surface area (Å²) in [7, 11) is -19.6. The number of allylic oxidation sites excluding steroid dienone is 3. The summed E-state index contributed by atoms with van der Waals surface area (Å²) in [5, 5.41) is 0. The number of rotatable bonds is 11. The first kappa shape index (κ1) is 42.4. The van der Waals surface area contributed by atoms with Gasteiger partial charge < -0.3 is 0 Å². The van der Waals surface area contributed by atoms with Crippen molar-refractivity contribution in [3.8, 4) is 0 Å². The summed E-state index contributed by atoms with van der Waals surface area (Å²) in [6, 6.07) is 0. The van der Waals surface area contributed by atoms with Crippen LogP contribution >= 0.6 is 0 Å². The maximum atomic E-state index is 12.0. The van der Waals surface area contributed by atoms with Crippen molar-refractivity contribution in [2.24, 2.45) is 0 Å². The van der Waals surface area contributed by atoms with Gasteiger partial charge in [0.2, 0.25) is 0 Å². The molecule has 36 heavy (non-hydrogen) atoms. The Balaban J connectivity index is -0.000000217. The van der Waals surface area contributed by atoms with Crippen molar-refractivity contribution >= 4 is 40.9 Å².